The van der Waals surface area contributed by atoms with Crippen LogP contribution in [0.15, 0.2) is 54.9 Å². The summed E-state index contributed by atoms with van der Waals surface area (Å²) in [5.41, 5.74) is 1.15. The van der Waals surface area contributed by atoms with E-state index in [2.05, 4.69) is 20.6 Å². The van der Waals surface area contributed by atoms with Crippen molar-refractivity contribution < 1.29 is 19.6 Å². The van der Waals surface area contributed by atoms with E-state index < -0.39 is 10.9 Å². The SMILES string of the molecule is CC(=O)c1ccc(Nc2ncnc(Nc3ccc(C(=O)O)cc3)c2[N+](=O)[O-])cc1. The zero-order valence-corrected chi connectivity index (χ0v) is 15.1. The third kappa shape index (κ3) is 4.50. The summed E-state index contributed by atoms with van der Waals surface area (Å²) in [6.07, 6.45) is 1.16. The molecule has 2 aromatic carbocycles. The van der Waals surface area contributed by atoms with Gasteiger partial charge in [0.15, 0.2) is 5.78 Å². The number of hydrogen-bond acceptors (Lipinski definition) is 8. The van der Waals surface area contributed by atoms with Crippen molar-refractivity contribution in [2.45, 2.75) is 6.92 Å². The second kappa shape index (κ2) is 8.13. The number of benzene rings is 2. The number of anilines is 4. The smallest absolute Gasteiger partial charge is 0.353 e. The van der Waals surface area contributed by atoms with Crippen molar-refractivity contribution in [3.8, 4) is 0 Å². The number of carboxylic acid groups (broad SMARTS) is 1. The van der Waals surface area contributed by atoms with Crippen molar-refractivity contribution in [2.75, 3.05) is 10.6 Å². The maximum Gasteiger partial charge on any atom is 0.353 e. The van der Waals surface area contributed by atoms with Crippen LogP contribution in [0.2, 0.25) is 0 Å². The molecule has 0 bridgehead atoms. The number of Topliss-reactive ketones (excluding diaryl/α,β-unsaturated/α-hetero) is 1. The van der Waals surface area contributed by atoms with Crippen molar-refractivity contribution >= 4 is 40.5 Å². The average Bonchev–Trinajstić information content (AvgIpc) is 2.68. The monoisotopic (exact) mass is 393 g/mol. The minimum atomic E-state index is -1.08. The van der Waals surface area contributed by atoms with Gasteiger partial charge in [-0.25, -0.2) is 14.8 Å². The molecule has 0 amide bonds. The van der Waals surface area contributed by atoms with Crippen molar-refractivity contribution in [1.29, 1.82) is 0 Å². The molecule has 0 atom stereocenters. The Labute approximate surface area is 164 Å². The van der Waals surface area contributed by atoms with E-state index >= 15 is 0 Å². The maximum atomic E-state index is 11.6. The van der Waals surface area contributed by atoms with Gasteiger partial charge >= 0.3 is 11.7 Å². The minimum Gasteiger partial charge on any atom is -0.478 e. The van der Waals surface area contributed by atoms with E-state index in [0.29, 0.717) is 16.9 Å². The molecule has 0 radical (unpaired) electrons. The molecule has 0 saturated carbocycles. The van der Waals surface area contributed by atoms with Gasteiger partial charge in [0.05, 0.1) is 10.5 Å². The molecule has 0 aliphatic carbocycles. The number of nitrogens with one attached hydrogen (secondary N) is 2. The largest absolute Gasteiger partial charge is 0.478 e. The van der Waals surface area contributed by atoms with Crippen molar-refractivity contribution in [3.05, 3.63) is 76.1 Å². The normalized spacial score (nSPS) is 10.2. The molecule has 3 aromatic rings. The number of nitro groups is 1. The van der Waals surface area contributed by atoms with Crippen LogP contribution in [0.25, 0.3) is 0 Å². The molecule has 3 rings (SSSR count). The van der Waals surface area contributed by atoms with Gasteiger partial charge in [-0.15, -0.1) is 0 Å². The number of nitrogens with zero attached hydrogens (tertiary/aromatic N) is 3. The lowest BCUT2D eigenvalue weighted by molar-refractivity contribution is -0.383. The van der Waals surface area contributed by atoms with E-state index in [1.54, 1.807) is 24.3 Å². The number of aromatic carboxylic acids is 1. The zero-order chi connectivity index (χ0) is 21.0. The van der Waals surface area contributed by atoms with Gasteiger partial charge in [0.2, 0.25) is 11.6 Å². The highest BCUT2D eigenvalue weighted by molar-refractivity contribution is 5.94. The molecule has 0 fully saturated rings. The van der Waals surface area contributed by atoms with Gasteiger partial charge < -0.3 is 15.7 Å². The lowest BCUT2D eigenvalue weighted by atomic mass is 10.1. The summed E-state index contributed by atoms with van der Waals surface area (Å²) in [6, 6.07) is 12.1. The molecule has 0 aliphatic heterocycles. The van der Waals surface area contributed by atoms with Crippen LogP contribution in [0, 0.1) is 10.1 Å². The topological polar surface area (TPSA) is 147 Å². The lowest BCUT2D eigenvalue weighted by Crippen LogP contribution is -2.06. The van der Waals surface area contributed by atoms with Gasteiger partial charge in [-0.1, -0.05) is 0 Å². The Morgan fingerprint density at radius 1 is 0.897 bits per heavy atom. The number of carbonyl (C=O) groups is 2. The summed E-state index contributed by atoms with van der Waals surface area (Å²) in [6.45, 7) is 1.44. The summed E-state index contributed by atoms with van der Waals surface area (Å²) >= 11 is 0. The Hall–Kier alpha value is -4.34. The second-order valence-electron chi connectivity index (χ2n) is 5.94. The molecule has 0 saturated heterocycles. The van der Waals surface area contributed by atoms with E-state index in [-0.39, 0.29) is 28.7 Å². The Kier molecular flexibility index (Phi) is 5.44. The fourth-order valence-corrected chi connectivity index (χ4v) is 2.49. The van der Waals surface area contributed by atoms with Gasteiger partial charge in [0.25, 0.3) is 0 Å². The van der Waals surface area contributed by atoms with Gasteiger partial charge in [-0.05, 0) is 55.5 Å². The van der Waals surface area contributed by atoms with Crippen LogP contribution in [-0.2, 0) is 0 Å². The summed E-state index contributed by atoms with van der Waals surface area (Å²) in [4.78, 5) is 41.2. The summed E-state index contributed by atoms with van der Waals surface area (Å²) in [7, 11) is 0. The van der Waals surface area contributed by atoms with Crippen LogP contribution >= 0.6 is 0 Å². The molecule has 0 aliphatic rings. The van der Waals surface area contributed by atoms with Crippen molar-refractivity contribution in [3.63, 3.8) is 0 Å². The first-order valence-electron chi connectivity index (χ1n) is 8.33. The van der Waals surface area contributed by atoms with Crippen molar-refractivity contribution in [1.82, 2.24) is 9.97 Å². The summed E-state index contributed by atoms with van der Waals surface area (Å²) < 4.78 is 0. The highest BCUT2D eigenvalue weighted by atomic mass is 16.6. The van der Waals surface area contributed by atoms with E-state index in [0.717, 1.165) is 6.33 Å². The number of aromatic nitrogens is 2. The standard InChI is InChI=1S/C19H15N5O5/c1-11(25)12-2-6-14(7-3-12)22-17-16(24(28)29)18(21-10-20-17)23-15-8-4-13(5-9-15)19(26)27/h2-10H,1H3,(H,26,27)(H2,20,21,22,23). The molecule has 3 N–H and O–H groups in total. The highest BCUT2D eigenvalue weighted by Gasteiger charge is 2.23. The van der Waals surface area contributed by atoms with Crippen LogP contribution in [-0.4, -0.2) is 31.8 Å². The Morgan fingerprint density at radius 3 is 1.72 bits per heavy atom. The van der Waals surface area contributed by atoms with Crippen LogP contribution in [0.5, 0.6) is 0 Å². The fourth-order valence-electron chi connectivity index (χ4n) is 2.49. The number of hydrogen-bond donors (Lipinski definition) is 3. The van der Waals surface area contributed by atoms with E-state index in [1.807, 2.05) is 0 Å². The molecule has 10 nitrogen and oxygen atoms in total. The first kappa shape index (κ1) is 19.4. The van der Waals surface area contributed by atoms with Crippen molar-refractivity contribution in [2.24, 2.45) is 0 Å². The maximum absolute atomic E-state index is 11.6. The van der Waals surface area contributed by atoms with Crippen LogP contribution in [0.1, 0.15) is 27.6 Å². The van der Waals surface area contributed by atoms with Gasteiger partial charge in [-0.3, -0.25) is 14.9 Å². The Balaban J connectivity index is 1.90. The molecule has 0 spiro atoms. The molecule has 1 aromatic heterocycles. The van der Waals surface area contributed by atoms with Crippen LogP contribution in [0.3, 0.4) is 0 Å². The molecule has 0 unspecified atom stereocenters. The van der Waals surface area contributed by atoms with Gasteiger partial charge in [0.1, 0.15) is 6.33 Å². The van der Waals surface area contributed by atoms with E-state index in [9.17, 15) is 19.7 Å². The van der Waals surface area contributed by atoms with Gasteiger partial charge in [0, 0.05) is 16.9 Å². The second-order valence-corrected chi connectivity index (χ2v) is 5.94. The summed E-state index contributed by atoms with van der Waals surface area (Å²) in [5, 5.41) is 26.2. The fraction of sp³-hybridized carbons (Fsp3) is 0.0526. The average molecular weight is 393 g/mol. The van der Waals surface area contributed by atoms with E-state index in [1.165, 1.54) is 31.2 Å². The Morgan fingerprint density at radius 2 is 1.34 bits per heavy atom. The first-order valence-corrected chi connectivity index (χ1v) is 8.33. The quantitative estimate of drug-likeness (QED) is 0.310. The predicted molar refractivity (Wildman–Crippen MR) is 105 cm³/mol. The molecule has 146 valence electrons. The highest BCUT2D eigenvalue weighted by Crippen LogP contribution is 2.33. The first-order chi connectivity index (χ1) is 13.8. The van der Waals surface area contributed by atoms with Gasteiger partial charge in [-0.2, -0.15) is 0 Å². The molecule has 29 heavy (non-hydrogen) atoms. The lowest BCUT2D eigenvalue weighted by Gasteiger charge is -2.10. The van der Waals surface area contributed by atoms with Crippen LogP contribution < -0.4 is 10.6 Å². The van der Waals surface area contributed by atoms with E-state index in [4.69, 9.17) is 5.11 Å². The number of carboxylic acids is 1. The predicted octanol–water partition coefficient (Wildman–Crippen LogP) is 3.77. The molecular weight excluding hydrogens is 378 g/mol. The minimum absolute atomic E-state index is 0.0368. The molecular formula is C19H15N5O5. The number of rotatable bonds is 7. The Bertz CT molecular complexity index is 1000. The molecule has 10 heteroatoms. The molecule has 1 heterocycles. The summed E-state index contributed by atoms with van der Waals surface area (Å²) in [5.74, 6) is -1.27. The third-order valence-electron chi connectivity index (χ3n) is 3.95. The zero-order valence-electron chi connectivity index (χ0n) is 15.1. The number of ketones is 1. The third-order valence-corrected chi connectivity index (χ3v) is 3.95. The number of carbonyl (C=O) groups excluding carboxylic acids is 1. The van der Waals surface area contributed by atoms with Crippen LogP contribution in [0.4, 0.5) is 28.7 Å².